The predicted octanol–water partition coefficient (Wildman–Crippen LogP) is 12.8. The molecule has 0 radical (unpaired) electrons. The summed E-state index contributed by atoms with van der Waals surface area (Å²) < 4.78 is 0. The van der Waals surface area contributed by atoms with Gasteiger partial charge in [-0.25, -0.2) is 4.99 Å². The van der Waals surface area contributed by atoms with E-state index in [-0.39, 0.29) is 5.41 Å². The van der Waals surface area contributed by atoms with Crippen LogP contribution < -0.4 is 4.90 Å². The first-order valence-electron chi connectivity index (χ1n) is 16.8. The quantitative estimate of drug-likeness (QED) is 0.131. The van der Waals surface area contributed by atoms with Crippen LogP contribution in [0.2, 0.25) is 0 Å². The molecule has 2 heterocycles. The van der Waals surface area contributed by atoms with Crippen LogP contribution in [0, 0.1) is 13.8 Å². The largest absolute Gasteiger partial charge is 0.295 e. The average molecular weight is 642 g/mol. The van der Waals surface area contributed by atoms with Crippen LogP contribution in [0.5, 0.6) is 0 Å². The minimum atomic E-state index is -0.306. The molecule has 1 aromatic heterocycles. The molecule has 3 heteroatoms. The number of pyridine rings is 1. The second-order valence-electron chi connectivity index (χ2n) is 13.1. The summed E-state index contributed by atoms with van der Waals surface area (Å²) in [5.74, 6) is 0.822. The van der Waals surface area contributed by atoms with Crippen LogP contribution in [-0.4, -0.2) is 11.7 Å². The predicted molar refractivity (Wildman–Crippen MR) is 213 cm³/mol. The zero-order chi connectivity index (χ0) is 35.1. The molecule has 0 bridgehead atoms. The summed E-state index contributed by atoms with van der Waals surface area (Å²) in [6.45, 7) is 23.0. The van der Waals surface area contributed by atoms with Crippen LogP contribution >= 0.6 is 0 Å². The van der Waals surface area contributed by atoms with Crippen molar-refractivity contribution in [2.75, 3.05) is 4.90 Å². The molecule has 0 saturated carbocycles. The Morgan fingerprint density at radius 3 is 2.06 bits per heavy atom. The lowest BCUT2D eigenvalue weighted by Crippen LogP contribution is -2.33. The number of hydrogen-bond acceptors (Lipinski definition) is 3. The van der Waals surface area contributed by atoms with E-state index in [0.717, 1.165) is 28.5 Å². The van der Waals surface area contributed by atoms with E-state index in [4.69, 9.17) is 0 Å². The lowest BCUT2D eigenvalue weighted by Gasteiger charge is -2.41. The highest BCUT2D eigenvalue weighted by atomic mass is 15.2. The molecule has 1 aliphatic heterocycles. The Bertz CT molecular complexity index is 2070. The van der Waals surface area contributed by atoms with Crippen LogP contribution in [0.1, 0.15) is 51.4 Å². The normalized spacial score (nSPS) is 13.3. The van der Waals surface area contributed by atoms with Crippen LogP contribution in [0.4, 0.5) is 11.4 Å². The minimum absolute atomic E-state index is 0.306. The minimum Gasteiger partial charge on any atom is -0.295 e. The monoisotopic (exact) mass is 641 g/mol. The Hall–Kier alpha value is -5.54. The molecule has 5 aromatic rings. The summed E-state index contributed by atoms with van der Waals surface area (Å²) in [6.07, 6.45) is 9.92. The van der Waals surface area contributed by atoms with Gasteiger partial charge in [0.15, 0.2) is 0 Å². The van der Waals surface area contributed by atoms with Gasteiger partial charge in [0.05, 0.1) is 5.69 Å². The summed E-state index contributed by atoms with van der Waals surface area (Å²) in [6, 6.07) is 36.8. The third kappa shape index (κ3) is 7.32. The standard InChI is InChI=1S/C39H35N3.C7H12/c1-7-35-38(40-6)42(32-15-9-8-10-16-32)37-21-20-31(25-36(37)39(35,4)5)29-14-11-13-28(23-29)30-19-18-26(2)34(24-30)33-17-12-22-41-27(33)3;1-4-5-6-7(2)3/h7-25H,1,6H2,2-5H3;4-6H,1-3H3/b;5-4-. The van der Waals surface area contributed by atoms with Gasteiger partial charge in [-0.15, -0.1) is 0 Å². The van der Waals surface area contributed by atoms with E-state index in [1.807, 2.05) is 43.5 Å². The molecule has 0 amide bonds. The Kier molecular flexibility index (Phi) is 10.7. The number of anilines is 2. The number of nitrogens with zero attached hydrogens (tertiary/aromatic N) is 3. The number of benzene rings is 4. The van der Waals surface area contributed by atoms with Crippen molar-refractivity contribution in [2.24, 2.45) is 4.99 Å². The van der Waals surface area contributed by atoms with E-state index in [9.17, 15) is 0 Å². The molecule has 0 N–H and O–H groups in total. The van der Waals surface area contributed by atoms with Crippen molar-refractivity contribution < 1.29 is 0 Å². The molecule has 49 heavy (non-hydrogen) atoms. The fraction of sp³-hybridized carbons (Fsp3) is 0.174. The number of allylic oxidation sites excluding steroid dienone is 6. The van der Waals surface area contributed by atoms with Crippen molar-refractivity contribution in [3.8, 4) is 33.4 Å². The molecule has 6 rings (SSSR count). The molecule has 4 aromatic carbocycles. The number of aromatic nitrogens is 1. The first-order valence-corrected chi connectivity index (χ1v) is 16.8. The van der Waals surface area contributed by atoms with E-state index in [0.29, 0.717) is 0 Å². The molecule has 246 valence electrons. The van der Waals surface area contributed by atoms with Gasteiger partial charge in [-0.1, -0.05) is 111 Å². The Labute approximate surface area is 293 Å². The number of hydrogen-bond donors (Lipinski definition) is 0. The van der Waals surface area contributed by atoms with Crippen molar-refractivity contribution in [1.29, 1.82) is 0 Å². The Morgan fingerprint density at radius 1 is 0.776 bits per heavy atom. The van der Waals surface area contributed by atoms with Crippen molar-refractivity contribution >= 4 is 18.1 Å². The summed E-state index contributed by atoms with van der Waals surface area (Å²) >= 11 is 0. The average Bonchev–Trinajstić information content (AvgIpc) is 3.11. The molecular weight excluding hydrogens is 595 g/mol. The van der Waals surface area contributed by atoms with Crippen molar-refractivity contribution in [1.82, 2.24) is 4.98 Å². The maximum atomic E-state index is 4.52. The van der Waals surface area contributed by atoms with Crippen molar-refractivity contribution in [3.05, 3.63) is 174 Å². The maximum absolute atomic E-state index is 4.52. The third-order valence-electron chi connectivity index (χ3n) is 9.09. The molecule has 0 spiro atoms. The van der Waals surface area contributed by atoms with E-state index >= 15 is 0 Å². The highest BCUT2D eigenvalue weighted by Gasteiger charge is 2.38. The maximum Gasteiger partial charge on any atom is 0.140 e. The number of aliphatic imine (C=N–C) groups is 1. The number of rotatable bonds is 7. The molecule has 0 atom stereocenters. The van der Waals surface area contributed by atoms with Gasteiger partial charge in [-0.2, -0.15) is 0 Å². The Morgan fingerprint density at radius 2 is 1.45 bits per heavy atom. The van der Waals surface area contributed by atoms with E-state index in [1.54, 1.807) is 0 Å². The van der Waals surface area contributed by atoms with Gasteiger partial charge in [0.2, 0.25) is 0 Å². The lowest BCUT2D eigenvalue weighted by molar-refractivity contribution is 0.616. The van der Waals surface area contributed by atoms with Gasteiger partial charge >= 0.3 is 0 Å². The van der Waals surface area contributed by atoms with Gasteiger partial charge in [0.1, 0.15) is 5.82 Å². The van der Waals surface area contributed by atoms with Gasteiger partial charge in [-0.3, -0.25) is 9.88 Å². The second-order valence-corrected chi connectivity index (χ2v) is 13.1. The third-order valence-corrected chi connectivity index (χ3v) is 9.09. The summed E-state index contributed by atoms with van der Waals surface area (Å²) in [5, 5.41) is 0. The van der Waals surface area contributed by atoms with Gasteiger partial charge in [0, 0.05) is 34.1 Å². The molecule has 1 aliphatic rings. The summed E-state index contributed by atoms with van der Waals surface area (Å²) in [7, 11) is 0. The van der Waals surface area contributed by atoms with Gasteiger partial charge in [-0.05, 0) is 123 Å². The molecule has 0 aliphatic carbocycles. The first kappa shape index (κ1) is 34.8. The van der Waals surface area contributed by atoms with E-state index in [1.165, 1.54) is 50.1 Å². The molecule has 3 nitrogen and oxygen atoms in total. The van der Waals surface area contributed by atoms with E-state index < -0.39 is 0 Å². The topological polar surface area (TPSA) is 28.5 Å². The fourth-order valence-corrected chi connectivity index (χ4v) is 6.44. The van der Waals surface area contributed by atoms with Crippen LogP contribution in [0.15, 0.2) is 162 Å². The lowest BCUT2D eigenvalue weighted by atomic mass is 9.73. The molecule has 0 unspecified atom stereocenters. The fourth-order valence-electron chi connectivity index (χ4n) is 6.44. The summed E-state index contributed by atoms with van der Waals surface area (Å²) in [5.41, 5.74) is 14.9. The summed E-state index contributed by atoms with van der Waals surface area (Å²) in [4.78, 5) is 11.2. The van der Waals surface area contributed by atoms with Gasteiger partial charge < -0.3 is 0 Å². The second kappa shape index (κ2) is 15.1. The SMILES string of the molecule is C/C=C\C=C(C)C.C=CC1=C(N=C)N(c2ccccc2)c2ccc(-c3cccc(-c4ccc(C)c(-c5cccnc5C)c4)c3)cc2C1(C)C. The molecule has 0 saturated heterocycles. The molecular formula is C46H47N3. The smallest absolute Gasteiger partial charge is 0.140 e. The zero-order valence-electron chi connectivity index (χ0n) is 30.0. The van der Waals surface area contributed by atoms with Crippen LogP contribution in [0.3, 0.4) is 0 Å². The van der Waals surface area contributed by atoms with E-state index in [2.05, 4.69) is 167 Å². The van der Waals surface area contributed by atoms with Crippen LogP contribution in [0.25, 0.3) is 33.4 Å². The highest BCUT2D eigenvalue weighted by Crippen LogP contribution is 2.50. The first-order chi connectivity index (χ1) is 23.6. The van der Waals surface area contributed by atoms with Crippen molar-refractivity contribution in [3.63, 3.8) is 0 Å². The number of para-hydroxylation sites is 1. The van der Waals surface area contributed by atoms with Crippen molar-refractivity contribution in [2.45, 2.75) is 53.9 Å². The number of fused-ring (bicyclic) bond motifs is 1. The zero-order valence-corrected chi connectivity index (χ0v) is 30.0. The highest BCUT2D eigenvalue weighted by molar-refractivity contribution is 5.83. The molecule has 0 fully saturated rings. The van der Waals surface area contributed by atoms with Gasteiger partial charge in [0.25, 0.3) is 0 Å². The Balaban J connectivity index is 0.000000606. The number of aryl methyl sites for hydroxylation is 2. The van der Waals surface area contributed by atoms with Crippen LogP contribution in [-0.2, 0) is 5.41 Å².